The summed E-state index contributed by atoms with van der Waals surface area (Å²) in [4.78, 5) is 37.3. The normalized spacial score (nSPS) is 24.6. The summed E-state index contributed by atoms with van der Waals surface area (Å²) in [6.07, 6.45) is 3.63. The van der Waals surface area contributed by atoms with Crippen LogP contribution >= 0.6 is 11.8 Å². The number of carbonyl (C=O) groups is 3. The van der Waals surface area contributed by atoms with E-state index in [0.29, 0.717) is 31.4 Å². The summed E-state index contributed by atoms with van der Waals surface area (Å²) in [7, 11) is 0. The summed E-state index contributed by atoms with van der Waals surface area (Å²) in [5.41, 5.74) is 3.91. The van der Waals surface area contributed by atoms with Gasteiger partial charge in [0.05, 0.1) is 5.41 Å². The number of carbonyl (C=O) groups excluding carboxylic acids is 2. The molecule has 0 bridgehead atoms. The molecule has 2 fully saturated rings. The Labute approximate surface area is 209 Å². The largest absolute Gasteiger partial charge is 0.481 e. The number of ether oxygens (including phenoxy) is 1. The van der Waals surface area contributed by atoms with Crippen LogP contribution in [0.15, 0.2) is 48.5 Å². The van der Waals surface area contributed by atoms with Crippen molar-refractivity contribution in [1.82, 2.24) is 10.6 Å². The zero-order valence-corrected chi connectivity index (χ0v) is 20.5. The van der Waals surface area contributed by atoms with E-state index < -0.39 is 23.5 Å². The van der Waals surface area contributed by atoms with Gasteiger partial charge in [0.2, 0.25) is 5.91 Å². The number of benzene rings is 2. The molecule has 35 heavy (non-hydrogen) atoms. The van der Waals surface area contributed by atoms with Gasteiger partial charge in [-0.15, -0.1) is 0 Å². The highest BCUT2D eigenvalue weighted by Crippen LogP contribution is 2.63. The quantitative estimate of drug-likeness (QED) is 0.487. The van der Waals surface area contributed by atoms with Gasteiger partial charge in [-0.05, 0) is 65.9 Å². The molecule has 3 N–H and O–H groups in total. The minimum absolute atomic E-state index is 0.0518. The first-order valence-electron chi connectivity index (χ1n) is 12.1. The maximum absolute atomic E-state index is 13.0. The molecule has 0 saturated heterocycles. The molecule has 2 saturated carbocycles. The molecule has 0 aliphatic heterocycles. The minimum atomic E-state index is -0.769. The first kappa shape index (κ1) is 23.7. The van der Waals surface area contributed by atoms with Crippen LogP contribution in [0.3, 0.4) is 0 Å². The smallest absolute Gasteiger partial charge is 0.407 e. The van der Waals surface area contributed by atoms with Crippen molar-refractivity contribution < 1.29 is 24.2 Å². The molecule has 5 rings (SSSR count). The van der Waals surface area contributed by atoms with Crippen LogP contribution in [0.2, 0.25) is 0 Å². The van der Waals surface area contributed by atoms with E-state index in [9.17, 15) is 19.5 Å². The number of thioether (sulfide) groups is 1. The van der Waals surface area contributed by atoms with Crippen LogP contribution in [-0.4, -0.2) is 53.8 Å². The van der Waals surface area contributed by atoms with Gasteiger partial charge in [0.15, 0.2) is 0 Å². The Morgan fingerprint density at radius 2 is 1.74 bits per heavy atom. The summed E-state index contributed by atoms with van der Waals surface area (Å²) in [6.45, 7) is 0.183. The molecule has 184 valence electrons. The molecule has 0 aromatic heterocycles. The first-order chi connectivity index (χ1) is 16.9. The van der Waals surface area contributed by atoms with E-state index in [1.54, 1.807) is 11.8 Å². The lowest BCUT2D eigenvalue weighted by atomic mass is 9.98. The first-order valence-corrected chi connectivity index (χ1v) is 13.5. The zero-order chi connectivity index (χ0) is 24.6. The van der Waals surface area contributed by atoms with Gasteiger partial charge in [-0.3, -0.25) is 9.59 Å². The Hall–Kier alpha value is -3.00. The summed E-state index contributed by atoms with van der Waals surface area (Å²) in [5.74, 6) is -0.253. The number of fused-ring (bicyclic) bond motifs is 4. The molecular weight excluding hydrogens is 464 g/mol. The predicted octanol–water partition coefficient (Wildman–Crippen LogP) is 4.02. The standard InChI is InChI=1S/C27H30N2O5S/c1-35-11-10-23(24(30)28-17-12-16-13-27(16,14-17)25(31)32)29-26(33)34-15-22-20-8-4-2-6-18(20)19-7-3-5-9-21(19)22/h2-9,16-17,22-23H,10-15H2,1H3,(H,28,30)(H,29,33)(H,31,32)/t16-,17+,23+,27+/m0/s1. The van der Waals surface area contributed by atoms with Gasteiger partial charge in [-0.1, -0.05) is 48.5 Å². The Balaban J connectivity index is 1.19. The molecule has 0 spiro atoms. The summed E-state index contributed by atoms with van der Waals surface area (Å²) in [5, 5.41) is 15.2. The molecule has 3 aliphatic rings. The number of rotatable bonds is 9. The molecular formula is C27H30N2O5S. The zero-order valence-electron chi connectivity index (χ0n) is 19.7. The van der Waals surface area contributed by atoms with E-state index in [-0.39, 0.29) is 30.4 Å². The van der Waals surface area contributed by atoms with E-state index in [1.165, 1.54) is 0 Å². The third kappa shape index (κ3) is 4.51. The van der Waals surface area contributed by atoms with Crippen LogP contribution in [0.1, 0.15) is 42.7 Å². The van der Waals surface area contributed by atoms with Crippen molar-refractivity contribution >= 4 is 29.7 Å². The van der Waals surface area contributed by atoms with Gasteiger partial charge in [0, 0.05) is 12.0 Å². The minimum Gasteiger partial charge on any atom is -0.481 e. The van der Waals surface area contributed by atoms with E-state index in [0.717, 1.165) is 22.3 Å². The second-order valence-corrected chi connectivity index (χ2v) is 10.8. The summed E-state index contributed by atoms with van der Waals surface area (Å²) in [6, 6.07) is 15.4. The van der Waals surface area contributed by atoms with Crippen molar-refractivity contribution in [3.8, 4) is 11.1 Å². The predicted molar refractivity (Wildman–Crippen MR) is 134 cm³/mol. The monoisotopic (exact) mass is 494 g/mol. The highest BCUT2D eigenvalue weighted by molar-refractivity contribution is 7.98. The molecule has 3 aliphatic carbocycles. The lowest BCUT2D eigenvalue weighted by molar-refractivity contribution is -0.143. The van der Waals surface area contributed by atoms with Crippen LogP contribution in [0, 0.1) is 11.3 Å². The van der Waals surface area contributed by atoms with Gasteiger partial charge in [-0.2, -0.15) is 11.8 Å². The molecule has 0 radical (unpaired) electrons. The van der Waals surface area contributed by atoms with Crippen LogP contribution < -0.4 is 10.6 Å². The molecule has 2 aromatic rings. The van der Waals surface area contributed by atoms with E-state index in [1.807, 2.05) is 30.5 Å². The second-order valence-electron chi connectivity index (χ2n) is 9.81. The topological polar surface area (TPSA) is 105 Å². The molecule has 0 heterocycles. The third-order valence-corrected chi connectivity index (χ3v) is 8.39. The number of hydrogen-bond acceptors (Lipinski definition) is 5. The number of hydrogen-bond donors (Lipinski definition) is 3. The number of amides is 2. The third-order valence-electron chi connectivity index (χ3n) is 7.75. The second kappa shape index (κ2) is 9.57. The molecule has 0 unspecified atom stereocenters. The van der Waals surface area contributed by atoms with Crippen molar-refractivity contribution in [3.63, 3.8) is 0 Å². The summed E-state index contributed by atoms with van der Waals surface area (Å²) >= 11 is 1.60. The lowest BCUT2D eigenvalue weighted by Crippen LogP contribution is -2.50. The average molecular weight is 495 g/mol. The number of carboxylic acid groups (broad SMARTS) is 1. The fourth-order valence-electron chi connectivity index (χ4n) is 5.85. The number of carboxylic acids is 1. The molecule has 7 nitrogen and oxygen atoms in total. The van der Waals surface area contributed by atoms with Crippen LogP contribution in [0.4, 0.5) is 4.79 Å². The molecule has 2 amide bonds. The van der Waals surface area contributed by atoms with Gasteiger partial charge in [0.25, 0.3) is 0 Å². The Bertz CT molecular complexity index is 1110. The molecule has 2 aromatic carbocycles. The highest BCUT2D eigenvalue weighted by atomic mass is 32.2. The Morgan fingerprint density at radius 1 is 1.09 bits per heavy atom. The van der Waals surface area contributed by atoms with Crippen molar-refractivity contribution in [2.45, 2.75) is 43.7 Å². The fourth-order valence-corrected chi connectivity index (χ4v) is 6.33. The van der Waals surface area contributed by atoms with Gasteiger partial charge >= 0.3 is 12.1 Å². The number of aliphatic carboxylic acids is 1. The van der Waals surface area contributed by atoms with Gasteiger partial charge in [0.1, 0.15) is 12.6 Å². The Morgan fingerprint density at radius 3 is 2.34 bits per heavy atom. The van der Waals surface area contributed by atoms with Gasteiger partial charge < -0.3 is 20.5 Å². The van der Waals surface area contributed by atoms with Crippen LogP contribution in [-0.2, 0) is 14.3 Å². The molecule has 4 atom stereocenters. The maximum atomic E-state index is 13.0. The molecule has 8 heteroatoms. The van der Waals surface area contributed by atoms with Crippen molar-refractivity contribution in [2.24, 2.45) is 11.3 Å². The fraction of sp³-hybridized carbons (Fsp3) is 0.444. The lowest BCUT2D eigenvalue weighted by Gasteiger charge is -2.22. The average Bonchev–Trinajstić information content (AvgIpc) is 3.28. The van der Waals surface area contributed by atoms with E-state index in [4.69, 9.17) is 4.74 Å². The maximum Gasteiger partial charge on any atom is 0.407 e. The van der Waals surface area contributed by atoms with Crippen LogP contribution in [0.5, 0.6) is 0 Å². The number of nitrogens with one attached hydrogen (secondary N) is 2. The summed E-state index contributed by atoms with van der Waals surface area (Å²) < 4.78 is 5.63. The van der Waals surface area contributed by atoms with Crippen molar-refractivity contribution in [3.05, 3.63) is 59.7 Å². The highest BCUT2D eigenvalue weighted by Gasteiger charge is 2.65. The number of alkyl carbamates (subject to hydrolysis) is 1. The SMILES string of the molecule is CSCC[C@@H](NC(=O)OCC1c2ccccc2-c2ccccc21)C(=O)N[C@@H]1C[C@H]2C[C@@]2(C(=O)O)C1. The van der Waals surface area contributed by atoms with Crippen molar-refractivity contribution in [2.75, 3.05) is 18.6 Å². The van der Waals surface area contributed by atoms with Crippen molar-refractivity contribution in [1.29, 1.82) is 0 Å². The van der Waals surface area contributed by atoms with Gasteiger partial charge in [-0.25, -0.2) is 4.79 Å². The Kier molecular flexibility index (Phi) is 6.49. The van der Waals surface area contributed by atoms with Crippen LogP contribution in [0.25, 0.3) is 11.1 Å². The van der Waals surface area contributed by atoms with E-state index in [2.05, 4.69) is 34.9 Å². The van der Waals surface area contributed by atoms with E-state index >= 15 is 0 Å².